The zero-order chi connectivity index (χ0) is 8.57. The Labute approximate surface area is 62.1 Å². The molecule has 0 saturated heterocycles. The van der Waals surface area contributed by atoms with E-state index in [0.717, 1.165) is 6.29 Å². The summed E-state index contributed by atoms with van der Waals surface area (Å²) in [6.07, 6.45) is 0.875. The van der Waals surface area contributed by atoms with Crippen molar-refractivity contribution in [1.82, 2.24) is 4.90 Å². The lowest BCUT2D eigenvalue weighted by molar-refractivity contribution is -0.108. The minimum Gasteiger partial charge on any atom is -0.750 e. The second-order valence-electron chi connectivity index (χ2n) is 1.65. The second kappa shape index (κ2) is 8.70. The molecule has 0 aromatic rings. The van der Waals surface area contributed by atoms with Gasteiger partial charge in [-0.3, -0.25) is 0 Å². The Morgan fingerprint density at radius 1 is 1.70 bits per heavy atom. The SMILES string of the molecule is CN(C)CC=O.O=S([O-])O. The smallest absolute Gasteiger partial charge is 0.133 e. The molecule has 0 bridgehead atoms. The van der Waals surface area contributed by atoms with Crippen molar-refractivity contribution in [1.29, 1.82) is 0 Å². The van der Waals surface area contributed by atoms with Crippen LogP contribution in [-0.2, 0) is 16.2 Å². The third kappa shape index (κ3) is 47.4. The number of carbonyl (C=O) groups excluding carboxylic acids is 1. The Morgan fingerprint density at radius 3 is 2.00 bits per heavy atom. The highest BCUT2D eigenvalue weighted by atomic mass is 32.2. The van der Waals surface area contributed by atoms with Crippen molar-refractivity contribution in [2.45, 2.75) is 0 Å². The molecule has 0 aliphatic heterocycles. The van der Waals surface area contributed by atoms with Crippen LogP contribution in [0.25, 0.3) is 0 Å². The van der Waals surface area contributed by atoms with Crippen LogP contribution in [0, 0.1) is 0 Å². The number of hydrogen-bond acceptors (Lipinski definition) is 4. The van der Waals surface area contributed by atoms with Crippen LogP contribution in [0.2, 0.25) is 0 Å². The minimum atomic E-state index is -2.86. The zero-order valence-electron chi connectivity index (χ0n) is 5.81. The molecule has 6 heteroatoms. The highest BCUT2D eigenvalue weighted by molar-refractivity contribution is 7.73. The van der Waals surface area contributed by atoms with Crippen LogP contribution in [0.5, 0.6) is 0 Å². The Balaban J connectivity index is 0. The van der Waals surface area contributed by atoms with Gasteiger partial charge in [0.25, 0.3) is 0 Å². The molecule has 0 aromatic carbocycles. The Bertz CT molecular complexity index is 101. The van der Waals surface area contributed by atoms with Gasteiger partial charge in [0.05, 0.1) is 17.9 Å². The van der Waals surface area contributed by atoms with E-state index in [2.05, 4.69) is 0 Å². The van der Waals surface area contributed by atoms with Gasteiger partial charge in [0, 0.05) is 0 Å². The average Bonchev–Trinajstić information content (AvgIpc) is 1.62. The molecule has 62 valence electrons. The quantitative estimate of drug-likeness (QED) is 0.426. The molecule has 0 amide bonds. The normalized spacial score (nSPS) is 11.7. The fourth-order valence-electron chi connectivity index (χ4n) is 0.149. The first-order chi connectivity index (χ1) is 4.50. The van der Waals surface area contributed by atoms with Gasteiger partial charge in [0.1, 0.15) is 6.29 Å². The van der Waals surface area contributed by atoms with Gasteiger partial charge in [-0.05, 0) is 14.1 Å². The first kappa shape index (κ1) is 12.4. The molecule has 0 radical (unpaired) electrons. The third-order valence-electron chi connectivity index (χ3n) is 0.440. The van der Waals surface area contributed by atoms with Crippen LogP contribution in [0.1, 0.15) is 0 Å². The molecule has 0 spiro atoms. The number of aldehydes is 1. The van der Waals surface area contributed by atoms with E-state index in [4.69, 9.17) is 13.3 Å². The molecule has 1 N–H and O–H groups in total. The molecular formula is C4H10NO4S-. The van der Waals surface area contributed by atoms with Crippen LogP contribution in [-0.4, -0.2) is 45.1 Å². The predicted molar refractivity (Wildman–Crippen MR) is 36.2 cm³/mol. The molecular weight excluding hydrogens is 158 g/mol. The van der Waals surface area contributed by atoms with E-state index in [1.165, 1.54) is 0 Å². The van der Waals surface area contributed by atoms with Gasteiger partial charge in [0.15, 0.2) is 0 Å². The van der Waals surface area contributed by atoms with Crippen LogP contribution < -0.4 is 0 Å². The second-order valence-corrected chi connectivity index (χ2v) is 2.08. The number of carbonyl (C=O) groups is 1. The van der Waals surface area contributed by atoms with E-state index < -0.39 is 11.4 Å². The van der Waals surface area contributed by atoms with Gasteiger partial charge in [-0.25, -0.2) is 4.21 Å². The summed E-state index contributed by atoms with van der Waals surface area (Å²) in [6, 6.07) is 0. The summed E-state index contributed by atoms with van der Waals surface area (Å²) >= 11 is -2.86. The van der Waals surface area contributed by atoms with Gasteiger partial charge < -0.3 is 18.8 Å². The third-order valence-corrected chi connectivity index (χ3v) is 0.440. The topological polar surface area (TPSA) is 80.7 Å². The van der Waals surface area contributed by atoms with E-state index >= 15 is 0 Å². The van der Waals surface area contributed by atoms with Crippen molar-refractivity contribution < 1.29 is 18.1 Å². The molecule has 10 heavy (non-hydrogen) atoms. The van der Waals surface area contributed by atoms with Crippen molar-refractivity contribution in [2.75, 3.05) is 20.6 Å². The molecule has 0 saturated carbocycles. The van der Waals surface area contributed by atoms with Crippen LogP contribution >= 0.6 is 0 Å². The van der Waals surface area contributed by atoms with Crippen molar-refractivity contribution in [3.8, 4) is 0 Å². The van der Waals surface area contributed by atoms with E-state index in [1.54, 1.807) is 0 Å². The van der Waals surface area contributed by atoms with Crippen LogP contribution in [0.4, 0.5) is 0 Å². The van der Waals surface area contributed by atoms with Crippen molar-refractivity contribution >= 4 is 17.6 Å². The number of likely N-dealkylation sites (N-methyl/N-ethyl adjacent to an activating group) is 1. The van der Waals surface area contributed by atoms with E-state index in [0.29, 0.717) is 6.54 Å². The zero-order valence-corrected chi connectivity index (χ0v) is 6.63. The van der Waals surface area contributed by atoms with Gasteiger partial charge in [-0.1, -0.05) is 0 Å². The molecule has 0 heterocycles. The van der Waals surface area contributed by atoms with Crippen molar-refractivity contribution in [3.63, 3.8) is 0 Å². The molecule has 0 aliphatic rings. The van der Waals surface area contributed by atoms with Crippen molar-refractivity contribution in [3.05, 3.63) is 0 Å². The van der Waals surface area contributed by atoms with E-state index in [9.17, 15) is 4.79 Å². The van der Waals surface area contributed by atoms with Gasteiger partial charge in [-0.15, -0.1) is 0 Å². The lowest BCUT2D eigenvalue weighted by atomic mass is 10.7. The molecule has 0 aromatic heterocycles. The van der Waals surface area contributed by atoms with Gasteiger partial charge >= 0.3 is 0 Å². The first-order valence-corrected chi connectivity index (χ1v) is 3.40. The highest BCUT2D eigenvalue weighted by Gasteiger charge is 1.79. The summed E-state index contributed by atoms with van der Waals surface area (Å²) in [5.74, 6) is 0. The number of rotatable bonds is 2. The molecule has 0 aliphatic carbocycles. The predicted octanol–water partition coefficient (Wildman–Crippen LogP) is -0.915. The fraction of sp³-hybridized carbons (Fsp3) is 0.750. The maximum atomic E-state index is 9.57. The van der Waals surface area contributed by atoms with Gasteiger partial charge in [-0.2, -0.15) is 0 Å². The van der Waals surface area contributed by atoms with E-state index in [-0.39, 0.29) is 0 Å². The maximum Gasteiger partial charge on any atom is 0.133 e. The summed E-state index contributed by atoms with van der Waals surface area (Å²) in [5, 5.41) is 0. The lowest BCUT2D eigenvalue weighted by Gasteiger charge is -1.99. The van der Waals surface area contributed by atoms with Crippen molar-refractivity contribution in [2.24, 2.45) is 0 Å². The largest absolute Gasteiger partial charge is 0.750 e. The molecule has 1 atom stereocenters. The maximum absolute atomic E-state index is 9.57. The summed E-state index contributed by atoms with van der Waals surface area (Å²) in [5.41, 5.74) is 0. The van der Waals surface area contributed by atoms with E-state index in [1.807, 2.05) is 19.0 Å². The molecule has 1 unspecified atom stereocenters. The highest BCUT2D eigenvalue weighted by Crippen LogP contribution is 1.62. The standard InChI is InChI=1S/C4H9NO.H2O3S/c1-5(2)3-4-6;1-4(2)3/h4H,3H2,1-2H3;(H2,1,2,3)/p-1. The summed E-state index contributed by atoms with van der Waals surface area (Å²) < 4.78 is 24.1. The molecule has 0 fully saturated rings. The Morgan fingerprint density at radius 2 is 2.00 bits per heavy atom. The minimum absolute atomic E-state index is 0.528. The number of nitrogens with zero attached hydrogens (tertiary/aromatic N) is 1. The summed E-state index contributed by atoms with van der Waals surface area (Å²) in [7, 11) is 3.71. The average molecular weight is 168 g/mol. The summed E-state index contributed by atoms with van der Waals surface area (Å²) in [4.78, 5) is 11.4. The number of hydrogen-bond donors (Lipinski definition) is 1. The molecule has 5 nitrogen and oxygen atoms in total. The van der Waals surface area contributed by atoms with Crippen LogP contribution in [0.3, 0.4) is 0 Å². The van der Waals surface area contributed by atoms with Crippen LogP contribution in [0.15, 0.2) is 0 Å². The molecule has 0 rings (SSSR count). The van der Waals surface area contributed by atoms with Gasteiger partial charge in [0.2, 0.25) is 0 Å². The Hall–Kier alpha value is -0.300. The Kier molecular flexibility index (Phi) is 10.8. The lowest BCUT2D eigenvalue weighted by Crippen LogP contribution is -2.13. The monoisotopic (exact) mass is 168 g/mol. The summed E-state index contributed by atoms with van der Waals surface area (Å²) in [6.45, 7) is 0.528. The fourth-order valence-corrected chi connectivity index (χ4v) is 0.149. The first-order valence-electron chi connectivity index (χ1n) is 2.37.